The van der Waals surface area contributed by atoms with E-state index in [-0.39, 0.29) is 0 Å². The van der Waals surface area contributed by atoms with Crippen LogP contribution in [0.1, 0.15) is 18.4 Å². The minimum absolute atomic E-state index is 0.720. The van der Waals surface area contributed by atoms with Gasteiger partial charge in [-0.2, -0.15) is 5.10 Å². The molecule has 0 unspecified atom stereocenters. The van der Waals surface area contributed by atoms with E-state index in [0.717, 1.165) is 23.3 Å². The van der Waals surface area contributed by atoms with E-state index in [1.807, 2.05) is 41.3 Å². The zero-order chi connectivity index (χ0) is 11.7. The molecule has 1 aromatic heterocycles. The molecule has 1 aromatic carbocycles. The predicted octanol–water partition coefficient (Wildman–Crippen LogP) is 2.78. The van der Waals surface area contributed by atoms with Gasteiger partial charge in [0.05, 0.1) is 16.9 Å². The Hall–Kier alpha value is -1.32. The Morgan fingerprint density at radius 3 is 2.94 bits per heavy atom. The van der Waals surface area contributed by atoms with E-state index in [1.165, 1.54) is 18.4 Å². The zero-order valence-corrected chi connectivity index (χ0v) is 10.2. The Morgan fingerprint density at radius 2 is 2.18 bits per heavy atom. The summed E-state index contributed by atoms with van der Waals surface area (Å²) in [6, 6.07) is 8.45. The molecule has 3 rings (SSSR count). The molecule has 1 aliphatic carbocycles. The molecule has 1 saturated carbocycles. The highest BCUT2D eigenvalue weighted by molar-refractivity contribution is 6.32. The van der Waals surface area contributed by atoms with Gasteiger partial charge in [-0.15, -0.1) is 0 Å². The largest absolute Gasteiger partial charge is 0.310 e. The van der Waals surface area contributed by atoms with Gasteiger partial charge in [-0.05, 0) is 25.0 Å². The van der Waals surface area contributed by atoms with Crippen LogP contribution in [0, 0.1) is 0 Å². The molecule has 0 amide bonds. The Balaban J connectivity index is 1.77. The van der Waals surface area contributed by atoms with Gasteiger partial charge in [-0.25, -0.2) is 4.68 Å². The van der Waals surface area contributed by atoms with Gasteiger partial charge >= 0.3 is 0 Å². The van der Waals surface area contributed by atoms with Crippen LogP contribution in [0.15, 0.2) is 36.7 Å². The van der Waals surface area contributed by atoms with Crippen molar-refractivity contribution in [2.24, 2.45) is 0 Å². The van der Waals surface area contributed by atoms with Crippen LogP contribution in [0.25, 0.3) is 5.69 Å². The second-order valence-electron chi connectivity index (χ2n) is 4.40. The molecule has 4 heteroatoms. The number of para-hydroxylation sites is 1. The van der Waals surface area contributed by atoms with Crippen molar-refractivity contribution in [2.75, 3.05) is 0 Å². The van der Waals surface area contributed by atoms with Crippen LogP contribution in [-0.4, -0.2) is 15.8 Å². The first kappa shape index (κ1) is 10.8. The zero-order valence-electron chi connectivity index (χ0n) is 9.44. The molecular weight excluding hydrogens is 234 g/mol. The van der Waals surface area contributed by atoms with Crippen molar-refractivity contribution in [2.45, 2.75) is 25.4 Å². The molecule has 0 bridgehead atoms. The minimum Gasteiger partial charge on any atom is -0.310 e. The molecule has 1 fully saturated rings. The fourth-order valence-electron chi connectivity index (χ4n) is 1.77. The lowest BCUT2D eigenvalue weighted by atomic mass is 10.3. The van der Waals surface area contributed by atoms with Crippen LogP contribution in [-0.2, 0) is 6.54 Å². The highest BCUT2D eigenvalue weighted by Gasteiger charge is 2.20. The van der Waals surface area contributed by atoms with Gasteiger partial charge < -0.3 is 5.32 Å². The van der Waals surface area contributed by atoms with Crippen molar-refractivity contribution in [3.05, 3.63) is 47.2 Å². The van der Waals surface area contributed by atoms with E-state index in [9.17, 15) is 0 Å². The number of benzene rings is 1. The maximum Gasteiger partial charge on any atom is 0.0831 e. The van der Waals surface area contributed by atoms with Crippen molar-refractivity contribution in [1.82, 2.24) is 15.1 Å². The second kappa shape index (κ2) is 4.51. The average molecular weight is 248 g/mol. The molecular formula is C13H14ClN3. The SMILES string of the molecule is Clc1ccccc1-n1cc(CNC2CC2)cn1. The fraction of sp³-hybridized carbons (Fsp3) is 0.308. The summed E-state index contributed by atoms with van der Waals surface area (Å²) in [6.45, 7) is 0.884. The summed E-state index contributed by atoms with van der Waals surface area (Å²) in [5, 5.41) is 8.52. The summed E-state index contributed by atoms with van der Waals surface area (Å²) in [7, 11) is 0. The summed E-state index contributed by atoms with van der Waals surface area (Å²) in [4.78, 5) is 0. The number of hydrogen-bond acceptors (Lipinski definition) is 2. The van der Waals surface area contributed by atoms with Crippen LogP contribution in [0.5, 0.6) is 0 Å². The maximum atomic E-state index is 6.13. The molecule has 0 atom stereocenters. The fourth-order valence-corrected chi connectivity index (χ4v) is 1.99. The van der Waals surface area contributed by atoms with Crippen LogP contribution in [0.2, 0.25) is 5.02 Å². The third-order valence-electron chi connectivity index (χ3n) is 2.91. The normalized spacial score (nSPS) is 15.1. The van der Waals surface area contributed by atoms with E-state index in [2.05, 4.69) is 10.4 Å². The summed E-state index contributed by atoms with van der Waals surface area (Å²) >= 11 is 6.13. The lowest BCUT2D eigenvalue weighted by molar-refractivity contribution is 0.687. The molecule has 88 valence electrons. The van der Waals surface area contributed by atoms with E-state index < -0.39 is 0 Å². The molecule has 0 spiro atoms. The Kier molecular flexibility index (Phi) is 2.87. The smallest absolute Gasteiger partial charge is 0.0831 e. The highest BCUT2D eigenvalue weighted by atomic mass is 35.5. The average Bonchev–Trinajstić information content (AvgIpc) is 3.06. The Bertz CT molecular complexity index is 517. The molecule has 3 nitrogen and oxygen atoms in total. The van der Waals surface area contributed by atoms with Gasteiger partial charge in [0.1, 0.15) is 0 Å². The van der Waals surface area contributed by atoms with Crippen molar-refractivity contribution in [3.63, 3.8) is 0 Å². The number of hydrogen-bond donors (Lipinski definition) is 1. The molecule has 17 heavy (non-hydrogen) atoms. The van der Waals surface area contributed by atoms with Crippen LogP contribution >= 0.6 is 11.6 Å². The summed E-state index contributed by atoms with van der Waals surface area (Å²) in [5.41, 5.74) is 2.11. The predicted molar refractivity (Wildman–Crippen MR) is 68.4 cm³/mol. The topological polar surface area (TPSA) is 29.9 Å². The summed E-state index contributed by atoms with van der Waals surface area (Å²) < 4.78 is 1.83. The van der Waals surface area contributed by atoms with Gasteiger partial charge in [0.15, 0.2) is 0 Å². The van der Waals surface area contributed by atoms with E-state index in [0.29, 0.717) is 0 Å². The molecule has 1 N–H and O–H groups in total. The first-order chi connectivity index (χ1) is 8.33. The van der Waals surface area contributed by atoms with Crippen molar-refractivity contribution >= 4 is 11.6 Å². The summed E-state index contributed by atoms with van der Waals surface area (Å²) in [5.74, 6) is 0. The molecule has 1 aliphatic rings. The van der Waals surface area contributed by atoms with Crippen molar-refractivity contribution in [3.8, 4) is 5.69 Å². The number of rotatable bonds is 4. The number of halogens is 1. The number of nitrogens with one attached hydrogen (secondary N) is 1. The lowest BCUT2D eigenvalue weighted by Gasteiger charge is -2.03. The third-order valence-corrected chi connectivity index (χ3v) is 3.23. The van der Waals surface area contributed by atoms with Gasteiger partial charge in [0, 0.05) is 24.3 Å². The lowest BCUT2D eigenvalue weighted by Crippen LogP contribution is -2.14. The third kappa shape index (κ3) is 2.51. The first-order valence-corrected chi connectivity index (χ1v) is 6.22. The first-order valence-electron chi connectivity index (χ1n) is 5.85. The minimum atomic E-state index is 0.720. The molecule has 0 radical (unpaired) electrons. The van der Waals surface area contributed by atoms with Gasteiger partial charge in [-0.1, -0.05) is 23.7 Å². The van der Waals surface area contributed by atoms with E-state index in [1.54, 1.807) is 0 Å². The summed E-state index contributed by atoms with van der Waals surface area (Å²) in [6.07, 6.45) is 6.52. The second-order valence-corrected chi connectivity index (χ2v) is 4.81. The number of nitrogens with zero attached hydrogens (tertiary/aromatic N) is 2. The maximum absolute atomic E-state index is 6.13. The van der Waals surface area contributed by atoms with E-state index in [4.69, 9.17) is 11.6 Å². The molecule has 0 saturated heterocycles. The highest BCUT2D eigenvalue weighted by Crippen LogP contribution is 2.21. The molecule has 0 aliphatic heterocycles. The monoisotopic (exact) mass is 247 g/mol. The van der Waals surface area contributed by atoms with Crippen LogP contribution < -0.4 is 5.32 Å². The van der Waals surface area contributed by atoms with Gasteiger partial charge in [0.2, 0.25) is 0 Å². The van der Waals surface area contributed by atoms with E-state index >= 15 is 0 Å². The quantitative estimate of drug-likeness (QED) is 0.901. The Labute approximate surface area is 105 Å². The van der Waals surface area contributed by atoms with Gasteiger partial charge in [0.25, 0.3) is 0 Å². The number of aromatic nitrogens is 2. The van der Waals surface area contributed by atoms with Crippen molar-refractivity contribution < 1.29 is 0 Å². The standard InChI is InChI=1S/C13H14ClN3/c14-12-3-1-2-4-13(12)17-9-10(8-16-17)7-15-11-5-6-11/h1-4,8-9,11,15H,5-7H2. The van der Waals surface area contributed by atoms with Gasteiger partial charge in [-0.3, -0.25) is 0 Å². The molecule has 1 heterocycles. The van der Waals surface area contributed by atoms with Crippen molar-refractivity contribution in [1.29, 1.82) is 0 Å². The van der Waals surface area contributed by atoms with Crippen LogP contribution in [0.4, 0.5) is 0 Å². The molecule has 2 aromatic rings. The Morgan fingerprint density at radius 1 is 1.35 bits per heavy atom. The van der Waals surface area contributed by atoms with Crippen LogP contribution in [0.3, 0.4) is 0 Å².